The molecule has 2 unspecified atom stereocenters. The molecule has 19 heavy (non-hydrogen) atoms. The van der Waals surface area contributed by atoms with Crippen LogP contribution in [0.5, 0.6) is 0 Å². The van der Waals surface area contributed by atoms with Crippen LogP contribution < -0.4 is 10.5 Å². The number of rotatable bonds is 5. The monoisotopic (exact) mass is 277 g/mol. The summed E-state index contributed by atoms with van der Waals surface area (Å²) in [6.07, 6.45) is 5.87. The molecule has 0 radical (unpaired) electrons. The molecule has 100 valence electrons. The lowest BCUT2D eigenvalue weighted by Crippen LogP contribution is -2.13. The lowest BCUT2D eigenvalue weighted by atomic mass is 10.1. The number of aromatic nitrogens is 3. The van der Waals surface area contributed by atoms with Crippen LogP contribution >= 0.6 is 0 Å². The Morgan fingerprint density at radius 1 is 1.37 bits per heavy atom. The molecule has 2 heterocycles. The number of anilines is 1. The van der Waals surface area contributed by atoms with E-state index < -0.39 is 11.0 Å². The van der Waals surface area contributed by atoms with Gasteiger partial charge in [-0.25, -0.2) is 24.3 Å². The maximum atomic E-state index is 11.2. The molecular formula is C12H15N5OS. The van der Waals surface area contributed by atoms with Crippen molar-refractivity contribution >= 4 is 16.8 Å². The summed E-state index contributed by atoms with van der Waals surface area (Å²) < 4.78 is 11.2. The molecule has 0 spiro atoms. The molecule has 2 aromatic rings. The van der Waals surface area contributed by atoms with E-state index >= 15 is 0 Å². The molecule has 3 N–H and O–H groups in total. The van der Waals surface area contributed by atoms with Gasteiger partial charge in [-0.2, -0.15) is 0 Å². The number of hydrogen-bond acceptors (Lipinski definition) is 5. The average Bonchev–Trinajstić information content (AvgIpc) is 2.46. The molecule has 0 fully saturated rings. The Hall–Kier alpha value is -1.86. The summed E-state index contributed by atoms with van der Waals surface area (Å²) in [6, 6.07) is 5.26. The summed E-state index contributed by atoms with van der Waals surface area (Å²) in [5, 5.41) is 8.93. The minimum atomic E-state index is -1.58. The summed E-state index contributed by atoms with van der Waals surface area (Å²) in [5.74, 6) is 0.631. The van der Waals surface area contributed by atoms with E-state index in [9.17, 15) is 4.21 Å². The van der Waals surface area contributed by atoms with Crippen LogP contribution in [0, 0.1) is 0 Å². The van der Waals surface area contributed by atoms with Gasteiger partial charge >= 0.3 is 0 Å². The fraction of sp³-hybridized carbons (Fsp3) is 0.250. The SMILES string of the molecule is CCC(Nc1cccc(S(N)=O)n1)c1cncnc1. The van der Waals surface area contributed by atoms with Crippen LogP contribution in [0.3, 0.4) is 0 Å². The van der Waals surface area contributed by atoms with Crippen molar-refractivity contribution in [1.29, 1.82) is 0 Å². The Balaban J connectivity index is 2.19. The number of hydrogen-bond donors (Lipinski definition) is 2. The third-order valence-electron chi connectivity index (χ3n) is 2.64. The molecule has 7 heteroatoms. The molecule has 2 aromatic heterocycles. The van der Waals surface area contributed by atoms with Crippen LogP contribution in [0.4, 0.5) is 5.82 Å². The minimum Gasteiger partial charge on any atom is -0.363 e. The third-order valence-corrected chi connectivity index (χ3v) is 3.28. The maximum absolute atomic E-state index is 11.2. The van der Waals surface area contributed by atoms with Gasteiger partial charge in [-0.15, -0.1) is 0 Å². The highest BCUT2D eigenvalue weighted by atomic mass is 32.2. The normalized spacial score (nSPS) is 13.8. The molecule has 0 saturated heterocycles. The fourth-order valence-electron chi connectivity index (χ4n) is 1.70. The first-order chi connectivity index (χ1) is 9.20. The van der Waals surface area contributed by atoms with Crippen molar-refractivity contribution in [2.75, 3.05) is 5.32 Å². The largest absolute Gasteiger partial charge is 0.363 e. The topological polar surface area (TPSA) is 93.8 Å². The maximum Gasteiger partial charge on any atom is 0.144 e. The Morgan fingerprint density at radius 3 is 2.74 bits per heavy atom. The molecule has 2 atom stereocenters. The van der Waals surface area contributed by atoms with Gasteiger partial charge in [0.15, 0.2) is 0 Å². The first kappa shape index (κ1) is 13.6. The van der Waals surface area contributed by atoms with Gasteiger partial charge in [-0.05, 0) is 18.6 Å². The summed E-state index contributed by atoms with van der Waals surface area (Å²) in [7, 11) is -1.58. The highest BCUT2D eigenvalue weighted by Crippen LogP contribution is 2.20. The van der Waals surface area contributed by atoms with Gasteiger partial charge in [-0.1, -0.05) is 13.0 Å². The van der Waals surface area contributed by atoms with E-state index in [0.29, 0.717) is 10.8 Å². The molecule has 0 saturated carbocycles. The van der Waals surface area contributed by atoms with E-state index in [0.717, 1.165) is 12.0 Å². The zero-order valence-corrected chi connectivity index (χ0v) is 11.3. The van der Waals surface area contributed by atoms with Crippen molar-refractivity contribution in [3.8, 4) is 0 Å². The molecule has 0 aliphatic heterocycles. The summed E-state index contributed by atoms with van der Waals surface area (Å²) in [4.78, 5) is 12.2. The van der Waals surface area contributed by atoms with Gasteiger partial charge in [0.2, 0.25) is 0 Å². The Kier molecular flexibility index (Phi) is 4.53. The van der Waals surface area contributed by atoms with Gasteiger partial charge in [0.05, 0.1) is 6.04 Å². The lowest BCUT2D eigenvalue weighted by Gasteiger charge is -2.17. The first-order valence-electron chi connectivity index (χ1n) is 5.85. The van der Waals surface area contributed by atoms with E-state index in [1.807, 2.05) is 6.07 Å². The van der Waals surface area contributed by atoms with Gasteiger partial charge in [0.1, 0.15) is 28.2 Å². The van der Waals surface area contributed by atoms with Crippen LogP contribution in [0.15, 0.2) is 41.9 Å². The quantitative estimate of drug-likeness (QED) is 0.862. The summed E-state index contributed by atoms with van der Waals surface area (Å²) in [6.45, 7) is 2.05. The third kappa shape index (κ3) is 3.55. The molecule has 0 amide bonds. The Labute approximate surface area is 114 Å². The molecule has 6 nitrogen and oxygen atoms in total. The van der Waals surface area contributed by atoms with Gasteiger partial charge in [0.25, 0.3) is 0 Å². The van der Waals surface area contributed by atoms with Crippen molar-refractivity contribution < 1.29 is 4.21 Å². The van der Waals surface area contributed by atoms with E-state index in [-0.39, 0.29) is 6.04 Å². The van der Waals surface area contributed by atoms with Crippen molar-refractivity contribution in [3.63, 3.8) is 0 Å². The van der Waals surface area contributed by atoms with E-state index in [1.54, 1.807) is 24.5 Å². The second-order valence-corrected chi connectivity index (χ2v) is 4.95. The zero-order valence-electron chi connectivity index (χ0n) is 10.5. The van der Waals surface area contributed by atoms with Crippen LogP contribution in [0.25, 0.3) is 0 Å². The highest BCUT2D eigenvalue weighted by molar-refractivity contribution is 7.82. The second kappa shape index (κ2) is 6.35. The Bertz CT molecular complexity index is 563. The first-order valence-corrected chi connectivity index (χ1v) is 7.06. The van der Waals surface area contributed by atoms with E-state index in [2.05, 4.69) is 27.2 Å². The second-order valence-electron chi connectivity index (χ2n) is 3.94. The minimum absolute atomic E-state index is 0.0511. The number of nitrogens with one attached hydrogen (secondary N) is 1. The van der Waals surface area contributed by atoms with Crippen LogP contribution in [-0.2, 0) is 11.0 Å². The number of pyridine rings is 1. The predicted octanol–water partition coefficient (Wildman–Crippen LogP) is 1.42. The Morgan fingerprint density at radius 2 is 2.11 bits per heavy atom. The van der Waals surface area contributed by atoms with Crippen molar-refractivity contribution in [1.82, 2.24) is 15.0 Å². The van der Waals surface area contributed by atoms with Gasteiger partial charge in [-0.3, -0.25) is 0 Å². The van der Waals surface area contributed by atoms with Crippen molar-refractivity contribution in [2.24, 2.45) is 5.14 Å². The lowest BCUT2D eigenvalue weighted by molar-refractivity contribution is 0.681. The van der Waals surface area contributed by atoms with Crippen LogP contribution in [-0.4, -0.2) is 19.2 Å². The zero-order chi connectivity index (χ0) is 13.7. The van der Waals surface area contributed by atoms with Crippen LogP contribution in [0.2, 0.25) is 0 Å². The van der Waals surface area contributed by atoms with Crippen LogP contribution in [0.1, 0.15) is 24.9 Å². The smallest absolute Gasteiger partial charge is 0.144 e. The molecule has 0 aliphatic carbocycles. The standard InChI is InChI=1S/C12H15N5OS/c1-2-10(9-6-14-8-15-7-9)16-11-4-3-5-12(17-11)19(13)18/h3-8,10H,2,13H2,1H3,(H,16,17). The molecule has 2 rings (SSSR count). The fourth-order valence-corrected chi connectivity index (χ4v) is 2.10. The molecule has 0 aromatic carbocycles. The van der Waals surface area contributed by atoms with E-state index in [1.165, 1.54) is 6.33 Å². The van der Waals surface area contributed by atoms with Gasteiger partial charge < -0.3 is 5.32 Å². The number of nitrogens with two attached hydrogens (primary N) is 1. The molecule has 0 aliphatic rings. The molecular weight excluding hydrogens is 262 g/mol. The summed E-state index contributed by atoms with van der Waals surface area (Å²) >= 11 is 0. The van der Waals surface area contributed by atoms with Crippen molar-refractivity contribution in [3.05, 3.63) is 42.5 Å². The van der Waals surface area contributed by atoms with Crippen molar-refractivity contribution in [2.45, 2.75) is 24.4 Å². The molecule has 0 bridgehead atoms. The summed E-state index contributed by atoms with van der Waals surface area (Å²) in [5.41, 5.74) is 0.978. The average molecular weight is 277 g/mol. The highest BCUT2D eigenvalue weighted by Gasteiger charge is 2.11. The van der Waals surface area contributed by atoms with E-state index in [4.69, 9.17) is 5.14 Å². The predicted molar refractivity (Wildman–Crippen MR) is 73.5 cm³/mol. The number of nitrogens with zero attached hydrogens (tertiary/aromatic N) is 3. The van der Waals surface area contributed by atoms with Gasteiger partial charge in [0, 0.05) is 18.0 Å².